The van der Waals surface area contributed by atoms with E-state index in [2.05, 4.69) is 25.8 Å². The Bertz CT molecular complexity index is 345. The summed E-state index contributed by atoms with van der Waals surface area (Å²) in [7, 11) is 0. The second-order valence-electron chi connectivity index (χ2n) is 3.70. The van der Waals surface area contributed by atoms with Crippen molar-refractivity contribution in [3.8, 4) is 0 Å². The molecule has 1 saturated heterocycles. The molecule has 16 heavy (non-hydrogen) atoms. The molecule has 1 unspecified atom stereocenters. The van der Waals surface area contributed by atoms with Gasteiger partial charge in [-0.05, 0) is 28.1 Å². The van der Waals surface area contributed by atoms with Gasteiger partial charge in [0.15, 0.2) is 0 Å². The SMILES string of the molecule is FCC(c1cccc(Br)n1)N1CCOCC1. The molecule has 1 atom stereocenters. The molecule has 1 aromatic rings. The fourth-order valence-electron chi connectivity index (χ4n) is 1.86. The van der Waals surface area contributed by atoms with Gasteiger partial charge in [-0.25, -0.2) is 9.37 Å². The smallest absolute Gasteiger partial charge is 0.111 e. The third-order valence-electron chi connectivity index (χ3n) is 2.71. The second-order valence-corrected chi connectivity index (χ2v) is 4.52. The molecule has 3 nitrogen and oxygen atoms in total. The molecule has 0 radical (unpaired) electrons. The van der Waals surface area contributed by atoms with Gasteiger partial charge in [0.1, 0.15) is 11.3 Å². The molecule has 0 spiro atoms. The predicted octanol–water partition coefficient (Wildman–Crippen LogP) is 2.19. The van der Waals surface area contributed by atoms with Crippen molar-refractivity contribution in [2.45, 2.75) is 6.04 Å². The molecule has 88 valence electrons. The van der Waals surface area contributed by atoms with Crippen LogP contribution in [0.4, 0.5) is 4.39 Å². The van der Waals surface area contributed by atoms with Gasteiger partial charge in [-0.15, -0.1) is 0 Å². The van der Waals surface area contributed by atoms with E-state index in [9.17, 15) is 4.39 Å². The quantitative estimate of drug-likeness (QED) is 0.798. The fraction of sp³-hybridized carbons (Fsp3) is 0.545. The number of aromatic nitrogens is 1. The van der Waals surface area contributed by atoms with Crippen molar-refractivity contribution >= 4 is 15.9 Å². The first-order chi connectivity index (χ1) is 7.81. The van der Waals surface area contributed by atoms with Crippen molar-refractivity contribution in [2.75, 3.05) is 33.0 Å². The molecule has 5 heteroatoms. The first-order valence-corrected chi connectivity index (χ1v) is 6.11. The first kappa shape index (κ1) is 12.0. The van der Waals surface area contributed by atoms with Crippen LogP contribution in [0.5, 0.6) is 0 Å². The van der Waals surface area contributed by atoms with E-state index in [4.69, 9.17) is 4.74 Å². The third kappa shape index (κ3) is 2.78. The molecule has 2 heterocycles. The van der Waals surface area contributed by atoms with Crippen LogP contribution in [0.25, 0.3) is 0 Å². The average Bonchev–Trinajstić information content (AvgIpc) is 2.31. The molecule has 1 aliphatic rings. The summed E-state index contributed by atoms with van der Waals surface area (Å²) in [6.07, 6.45) is 0. The van der Waals surface area contributed by atoms with E-state index >= 15 is 0 Å². The highest BCUT2D eigenvalue weighted by Crippen LogP contribution is 2.22. The molecule has 0 aliphatic carbocycles. The highest BCUT2D eigenvalue weighted by molar-refractivity contribution is 9.10. The summed E-state index contributed by atoms with van der Waals surface area (Å²) < 4.78 is 19.1. The number of rotatable bonds is 3. The van der Waals surface area contributed by atoms with Crippen LogP contribution in [0.3, 0.4) is 0 Å². The Hall–Kier alpha value is -0.520. The van der Waals surface area contributed by atoms with E-state index in [0.717, 1.165) is 23.4 Å². The summed E-state index contributed by atoms with van der Waals surface area (Å²) in [5.41, 5.74) is 0.777. The lowest BCUT2D eigenvalue weighted by atomic mass is 10.1. The predicted molar refractivity (Wildman–Crippen MR) is 63.0 cm³/mol. The Labute approximate surface area is 103 Å². The summed E-state index contributed by atoms with van der Waals surface area (Å²) in [6.45, 7) is 2.46. The molecular formula is C11H14BrFN2O. The maximum Gasteiger partial charge on any atom is 0.111 e. The number of morpholine rings is 1. The van der Waals surface area contributed by atoms with Gasteiger partial charge in [-0.3, -0.25) is 4.90 Å². The second kappa shape index (κ2) is 5.70. The van der Waals surface area contributed by atoms with Gasteiger partial charge < -0.3 is 4.74 Å². The maximum absolute atomic E-state index is 13.1. The zero-order valence-corrected chi connectivity index (χ0v) is 10.5. The van der Waals surface area contributed by atoms with Gasteiger partial charge in [0.05, 0.1) is 24.9 Å². The molecule has 1 aromatic heterocycles. The van der Waals surface area contributed by atoms with Gasteiger partial charge in [0.2, 0.25) is 0 Å². The number of hydrogen-bond donors (Lipinski definition) is 0. The van der Waals surface area contributed by atoms with Crippen LogP contribution in [0.1, 0.15) is 11.7 Å². The van der Waals surface area contributed by atoms with Crippen LogP contribution in [0, 0.1) is 0 Å². The number of nitrogens with zero attached hydrogens (tertiary/aromatic N) is 2. The summed E-state index contributed by atoms with van der Waals surface area (Å²) >= 11 is 3.31. The van der Waals surface area contributed by atoms with E-state index in [0.29, 0.717) is 13.2 Å². The molecule has 1 fully saturated rings. The highest BCUT2D eigenvalue weighted by atomic mass is 79.9. The van der Waals surface area contributed by atoms with Crippen LogP contribution >= 0.6 is 15.9 Å². The lowest BCUT2D eigenvalue weighted by molar-refractivity contribution is 0.00979. The summed E-state index contributed by atoms with van der Waals surface area (Å²) in [5, 5.41) is 0. The van der Waals surface area contributed by atoms with E-state index in [1.807, 2.05) is 18.2 Å². The monoisotopic (exact) mass is 288 g/mol. The number of alkyl halides is 1. The van der Waals surface area contributed by atoms with Crippen molar-refractivity contribution in [3.05, 3.63) is 28.5 Å². The highest BCUT2D eigenvalue weighted by Gasteiger charge is 2.23. The van der Waals surface area contributed by atoms with Crippen LogP contribution in [-0.2, 0) is 4.74 Å². The Morgan fingerprint density at radius 2 is 2.19 bits per heavy atom. The zero-order chi connectivity index (χ0) is 11.4. The molecule has 0 saturated carbocycles. The number of halogens is 2. The zero-order valence-electron chi connectivity index (χ0n) is 8.90. The minimum atomic E-state index is -0.413. The van der Waals surface area contributed by atoms with E-state index in [1.165, 1.54) is 0 Å². The fourth-order valence-corrected chi connectivity index (χ4v) is 2.22. The van der Waals surface area contributed by atoms with Crippen LogP contribution in [-0.4, -0.2) is 42.9 Å². The Kier molecular flexibility index (Phi) is 4.26. The summed E-state index contributed by atoms with van der Waals surface area (Å²) in [4.78, 5) is 6.40. The van der Waals surface area contributed by atoms with E-state index in [-0.39, 0.29) is 6.04 Å². The molecule has 0 aromatic carbocycles. The van der Waals surface area contributed by atoms with Crippen molar-refractivity contribution in [3.63, 3.8) is 0 Å². The van der Waals surface area contributed by atoms with Gasteiger partial charge >= 0.3 is 0 Å². The lowest BCUT2D eigenvalue weighted by Crippen LogP contribution is -2.40. The summed E-state index contributed by atoms with van der Waals surface area (Å²) in [5.74, 6) is 0. The van der Waals surface area contributed by atoms with Crippen molar-refractivity contribution in [1.29, 1.82) is 0 Å². The number of ether oxygens (including phenoxy) is 1. The molecule has 1 aliphatic heterocycles. The topological polar surface area (TPSA) is 25.4 Å². The normalized spacial score (nSPS) is 19.6. The Morgan fingerprint density at radius 1 is 1.44 bits per heavy atom. The molecule has 0 amide bonds. The standard InChI is InChI=1S/C11H14BrFN2O/c12-11-3-1-2-9(14-11)10(8-13)15-4-6-16-7-5-15/h1-3,10H,4-8H2. The average molecular weight is 289 g/mol. The van der Waals surface area contributed by atoms with Crippen LogP contribution < -0.4 is 0 Å². The minimum absolute atomic E-state index is 0.249. The van der Waals surface area contributed by atoms with Crippen molar-refractivity contribution < 1.29 is 9.13 Å². The molecule has 2 rings (SSSR count). The van der Waals surface area contributed by atoms with Crippen LogP contribution in [0.15, 0.2) is 22.8 Å². The van der Waals surface area contributed by atoms with Gasteiger partial charge in [0.25, 0.3) is 0 Å². The van der Waals surface area contributed by atoms with Crippen LogP contribution in [0.2, 0.25) is 0 Å². The summed E-state index contributed by atoms with van der Waals surface area (Å²) in [6, 6.07) is 5.35. The molecular weight excluding hydrogens is 275 g/mol. The molecule has 0 N–H and O–H groups in total. The largest absolute Gasteiger partial charge is 0.379 e. The third-order valence-corrected chi connectivity index (χ3v) is 3.15. The van der Waals surface area contributed by atoms with Crippen molar-refractivity contribution in [2.24, 2.45) is 0 Å². The van der Waals surface area contributed by atoms with Gasteiger partial charge in [0, 0.05) is 13.1 Å². The maximum atomic E-state index is 13.1. The lowest BCUT2D eigenvalue weighted by Gasteiger charge is -2.32. The Balaban J connectivity index is 2.14. The minimum Gasteiger partial charge on any atom is -0.379 e. The number of pyridine rings is 1. The van der Waals surface area contributed by atoms with Crippen molar-refractivity contribution in [1.82, 2.24) is 9.88 Å². The Morgan fingerprint density at radius 3 is 2.81 bits per heavy atom. The van der Waals surface area contributed by atoms with E-state index < -0.39 is 6.67 Å². The van der Waals surface area contributed by atoms with Gasteiger partial charge in [-0.2, -0.15) is 0 Å². The first-order valence-electron chi connectivity index (χ1n) is 5.31. The van der Waals surface area contributed by atoms with E-state index in [1.54, 1.807) is 0 Å². The van der Waals surface area contributed by atoms with Gasteiger partial charge in [-0.1, -0.05) is 6.07 Å². The number of hydrogen-bond acceptors (Lipinski definition) is 3. The molecule has 0 bridgehead atoms.